The van der Waals surface area contributed by atoms with E-state index in [0.717, 1.165) is 17.8 Å². The number of fused-ring (bicyclic) bond motifs is 1. The van der Waals surface area contributed by atoms with Crippen LogP contribution >= 0.6 is 12.2 Å². The van der Waals surface area contributed by atoms with Crippen molar-refractivity contribution in [1.29, 1.82) is 0 Å². The van der Waals surface area contributed by atoms with Gasteiger partial charge in [-0.15, -0.1) is 0 Å². The molecule has 5 heteroatoms. The Labute approximate surface area is 85.6 Å². The van der Waals surface area contributed by atoms with Crippen molar-refractivity contribution >= 4 is 23.3 Å². The van der Waals surface area contributed by atoms with Crippen molar-refractivity contribution in [3.63, 3.8) is 0 Å². The van der Waals surface area contributed by atoms with Crippen LogP contribution in [0.15, 0.2) is 10.9 Å². The summed E-state index contributed by atoms with van der Waals surface area (Å²) in [6.45, 7) is 4.76. The number of hydrogen-bond donors (Lipinski definition) is 2. The third-order valence-corrected chi connectivity index (χ3v) is 2.51. The van der Waals surface area contributed by atoms with E-state index in [2.05, 4.69) is 9.97 Å². The minimum absolute atomic E-state index is 0.126. The maximum Gasteiger partial charge on any atom is 0.276 e. The molecule has 0 fully saturated rings. The fourth-order valence-corrected chi connectivity index (χ4v) is 1.94. The molecule has 0 amide bonds. The number of nitrogens with one attached hydrogen (secondary N) is 2. The van der Waals surface area contributed by atoms with Crippen LogP contribution in [0.2, 0.25) is 0 Å². The van der Waals surface area contributed by atoms with Crippen LogP contribution in [-0.4, -0.2) is 14.5 Å². The average Bonchev–Trinajstić information content (AvgIpc) is 2.40. The van der Waals surface area contributed by atoms with Crippen molar-refractivity contribution in [3.05, 3.63) is 26.9 Å². The summed E-state index contributed by atoms with van der Waals surface area (Å²) < 4.78 is 2.33. The van der Waals surface area contributed by atoms with Gasteiger partial charge in [0, 0.05) is 12.2 Å². The minimum Gasteiger partial charge on any atom is -0.339 e. The number of hydrogen-bond acceptors (Lipinski definition) is 2. The van der Waals surface area contributed by atoms with E-state index in [0.29, 0.717) is 10.3 Å². The van der Waals surface area contributed by atoms with Gasteiger partial charge in [-0.25, -0.2) is 0 Å². The van der Waals surface area contributed by atoms with E-state index in [1.807, 2.05) is 24.5 Å². The molecule has 0 unspecified atom stereocenters. The predicted molar refractivity (Wildman–Crippen MR) is 58.2 cm³/mol. The molecule has 0 radical (unpaired) electrons. The molecule has 2 aromatic rings. The van der Waals surface area contributed by atoms with Gasteiger partial charge in [0.2, 0.25) is 0 Å². The molecule has 2 rings (SSSR count). The second-order valence-electron chi connectivity index (χ2n) is 3.20. The Morgan fingerprint density at radius 3 is 2.86 bits per heavy atom. The largest absolute Gasteiger partial charge is 0.339 e. The smallest absolute Gasteiger partial charge is 0.276 e. The van der Waals surface area contributed by atoms with E-state index in [1.165, 1.54) is 0 Å². The van der Waals surface area contributed by atoms with Crippen molar-refractivity contribution in [2.75, 3.05) is 0 Å². The van der Waals surface area contributed by atoms with Gasteiger partial charge in [-0.1, -0.05) is 0 Å². The highest BCUT2D eigenvalue weighted by molar-refractivity contribution is 7.71. The first-order valence-corrected chi connectivity index (χ1v) is 4.86. The molecule has 14 heavy (non-hydrogen) atoms. The molecular weight excluding hydrogens is 198 g/mol. The standard InChI is InChI=1S/C9H11N3OS/c1-3-12-5(2)4-6-7(12)8(13)11-9(14)10-6/h4H,3H2,1-2H3,(H2,10,11,13,14). The van der Waals surface area contributed by atoms with Crippen LogP contribution in [0.1, 0.15) is 12.6 Å². The zero-order chi connectivity index (χ0) is 10.3. The van der Waals surface area contributed by atoms with Crippen LogP contribution in [0.25, 0.3) is 11.0 Å². The fourth-order valence-electron chi connectivity index (χ4n) is 1.74. The first kappa shape index (κ1) is 9.21. The molecule has 0 saturated heterocycles. The number of rotatable bonds is 1. The fraction of sp³-hybridized carbons (Fsp3) is 0.333. The molecule has 0 aliphatic carbocycles. The number of aromatic amines is 2. The van der Waals surface area contributed by atoms with Gasteiger partial charge < -0.3 is 9.55 Å². The summed E-state index contributed by atoms with van der Waals surface area (Å²) in [7, 11) is 0. The maximum atomic E-state index is 11.6. The number of aromatic nitrogens is 3. The molecule has 2 heterocycles. The summed E-state index contributed by atoms with van der Waals surface area (Å²) in [5.74, 6) is 0. The second-order valence-corrected chi connectivity index (χ2v) is 3.61. The van der Waals surface area contributed by atoms with Gasteiger partial charge in [-0.05, 0) is 32.1 Å². The first-order valence-electron chi connectivity index (χ1n) is 4.46. The average molecular weight is 209 g/mol. The Balaban J connectivity index is 3.03. The van der Waals surface area contributed by atoms with E-state index >= 15 is 0 Å². The Morgan fingerprint density at radius 1 is 1.50 bits per heavy atom. The van der Waals surface area contributed by atoms with E-state index < -0.39 is 0 Å². The molecule has 0 atom stereocenters. The molecule has 2 aromatic heterocycles. The van der Waals surface area contributed by atoms with Crippen molar-refractivity contribution in [1.82, 2.24) is 14.5 Å². The van der Waals surface area contributed by atoms with Crippen LogP contribution in [0.3, 0.4) is 0 Å². The molecule has 2 N–H and O–H groups in total. The highest BCUT2D eigenvalue weighted by Gasteiger charge is 2.07. The van der Waals surface area contributed by atoms with E-state index in [-0.39, 0.29) is 5.56 Å². The molecule has 0 aliphatic rings. The lowest BCUT2D eigenvalue weighted by Gasteiger charge is -2.01. The minimum atomic E-state index is -0.126. The lowest BCUT2D eigenvalue weighted by atomic mass is 10.4. The van der Waals surface area contributed by atoms with Crippen molar-refractivity contribution < 1.29 is 0 Å². The lowest BCUT2D eigenvalue weighted by Crippen LogP contribution is -2.12. The highest BCUT2D eigenvalue weighted by atomic mass is 32.1. The van der Waals surface area contributed by atoms with Gasteiger partial charge in [-0.2, -0.15) is 0 Å². The molecule has 0 spiro atoms. The Hall–Kier alpha value is -1.36. The Bertz CT molecular complexity index is 590. The molecule has 74 valence electrons. The van der Waals surface area contributed by atoms with Crippen molar-refractivity contribution in [2.24, 2.45) is 0 Å². The summed E-state index contributed by atoms with van der Waals surface area (Å²) in [4.78, 5) is 17.2. The van der Waals surface area contributed by atoms with Gasteiger partial charge in [0.05, 0.1) is 5.52 Å². The predicted octanol–water partition coefficient (Wildman–Crippen LogP) is 1.72. The lowest BCUT2D eigenvalue weighted by molar-refractivity contribution is 0.765. The van der Waals surface area contributed by atoms with Crippen molar-refractivity contribution in [3.8, 4) is 0 Å². The van der Waals surface area contributed by atoms with Crippen molar-refractivity contribution in [2.45, 2.75) is 20.4 Å². The summed E-state index contributed by atoms with van der Waals surface area (Å²) in [6.07, 6.45) is 0. The quantitative estimate of drug-likeness (QED) is 0.702. The van der Waals surface area contributed by atoms with E-state index in [9.17, 15) is 4.79 Å². The van der Waals surface area contributed by atoms with E-state index in [4.69, 9.17) is 12.2 Å². The molecule has 0 saturated carbocycles. The van der Waals surface area contributed by atoms with Gasteiger partial charge in [0.25, 0.3) is 5.56 Å². The number of nitrogens with zero attached hydrogens (tertiary/aromatic N) is 1. The maximum absolute atomic E-state index is 11.6. The summed E-state index contributed by atoms with van der Waals surface area (Å²) in [5, 5.41) is 0. The number of H-pyrrole nitrogens is 2. The van der Waals surface area contributed by atoms with Gasteiger partial charge in [-0.3, -0.25) is 9.78 Å². The summed E-state index contributed by atoms with van der Waals surface area (Å²) in [5.41, 5.74) is 2.40. The number of aryl methyl sites for hydroxylation is 2. The van der Waals surface area contributed by atoms with Gasteiger partial charge >= 0.3 is 0 Å². The normalized spacial score (nSPS) is 11.0. The Kier molecular flexibility index (Phi) is 2.03. The zero-order valence-electron chi connectivity index (χ0n) is 8.05. The first-order chi connectivity index (χ1) is 6.63. The zero-order valence-corrected chi connectivity index (χ0v) is 8.86. The van der Waals surface area contributed by atoms with Crippen LogP contribution in [-0.2, 0) is 6.54 Å². The monoisotopic (exact) mass is 209 g/mol. The highest BCUT2D eigenvalue weighted by Crippen LogP contribution is 2.12. The third-order valence-electron chi connectivity index (χ3n) is 2.31. The molecule has 0 bridgehead atoms. The topological polar surface area (TPSA) is 53.6 Å². The third kappa shape index (κ3) is 1.21. The van der Waals surface area contributed by atoms with Crippen LogP contribution < -0.4 is 5.56 Å². The Morgan fingerprint density at radius 2 is 2.21 bits per heavy atom. The van der Waals surface area contributed by atoms with Crippen LogP contribution in [0.5, 0.6) is 0 Å². The summed E-state index contributed by atoms with van der Waals surface area (Å²) >= 11 is 4.90. The SMILES string of the molecule is CCn1c(C)cc2[nH]c(=S)[nH]c(=O)c21. The molecule has 0 aliphatic heterocycles. The van der Waals surface area contributed by atoms with Crippen LogP contribution in [0, 0.1) is 11.7 Å². The molecular formula is C9H11N3OS. The van der Waals surface area contributed by atoms with Gasteiger partial charge in [0.15, 0.2) is 4.77 Å². The second kappa shape index (κ2) is 3.09. The van der Waals surface area contributed by atoms with Crippen LogP contribution in [0.4, 0.5) is 0 Å². The van der Waals surface area contributed by atoms with E-state index in [1.54, 1.807) is 0 Å². The summed E-state index contributed by atoms with van der Waals surface area (Å²) in [6, 6.07) is 1.93. The van der Waals surface area contributed by atoms with Gasteiger partial charge in [0.1, 0.15) is 5.52 Å². The molecule has 4 nitrogen and oxygen atoms in total. The molecule has 0 aromatic carbocycles.